The second-order valence-corrected chi connectivity index (χ2v) is 6.06. The first-order valence-electron chi connectivity index (χ1n) is 7.80. The predicted molar refractivity (Wildman–Crippen MR) is 97.4 cm³/mol. The highest BCUT2D eigenvalue weighted by atomic mass is 32.2. The molecule has 1 amide bonds. The van der Waals surface area contributed by atoms with E-state index in [1.807, 2.05) is 36.4 Å². The highest BCUT2D eigenvalue weighted by Gasteiger charge is 2.11. The number of para-hydroxylation sites is 1. The molecule has 1 N–H and O–H groups in total. The molecular formula is C18H17N3O4S. The maximum absolute atomic E-state index is 12.0. The SMILES string of the molecule is COc1cccc(NC(=O)CSc2nnc(COc3ccccc3)o2)c1. The molecule has 134 valence electrons. The van der Waals surface area contributed by atoms with E-state index < -0.39 is 0 Å². The lowest BCUT2D eigenvalue weighted by atomic mass is 10.3. The van der Waals surface area contributed by atoms with Gasteiger partial charge in [-0.3, -0.25) is 4.79 Å². The molecule has 0 radical (unpaired) electrons. The van der Waals surface area contributed by atoms with Crippen LogP contribution in [0.25, 0.3) is 0 Å². The summed E-state index contributed by atoms with van der Waals surface area (Å²) in [6, 6.07) is 16.5. The monoisotopic (exact) mass is 371 g/mol. The van der Waals surface area contributed by atoms with Gasteiger partial charge in [0.2, 0.25) is 5.91 Å². The summed E-state index contributed by atoms with van der Waals surface area (Å²) in [6.07, 6.45) is 0. The molecule has 0 fully saturated rings. The van der Waals surface area contributed by atoms with E-state index in [9.17, 15) is 4.79 Å². The Bertz CT molecular complexity index is 854. The number of hydrogen-bond donors (Lipinski definition) is 1. The summed E-state index contributed by atoms with van der Waals surface area (Å²) >= 11 is 1.16. The number of aromatic nitrogens is 2. The average Bonchev–Trinajstić information content (AvgIpc) is 3.14. The largest absolute Gasteiger partial charge is 0.497 e. The van der Waals surface area contributed by atoms with Crippen molar-refractivity contribution in [1.82, 2.24) is 10.2 Å². The Labute approximate surface area is 154 Å². The first kappa shape index (κ1) is 17.8. The van der Waals surface area contributed by atoms with Crippen molar-refractivity contribution in [2.45, 2.75) is 11.8 Å². The Morgan fingerprint density at radius 1 is 1.12 bits per heavy atom. The molecule has 0 aliphatic heterocycles. The van der Waals surface area contributed by atoms with Gasteiger partial charge in [0.05, 0.1) is 12.9 Å². The number of benzene rings is 2. The van der Waals surface area contributed by atoms with Crippen LogP contribution in [0.4, 0.5) is 5.69 Å². The van der Waals surface area contributed by atoms with E-state index >= 15 is 0 Å². The van der Waals surface area contributed by atoms with Crippen LogP contribution in [-0.2, 0) is 11.4 Å². The third-order valence-electron chi connectivity index (χ3n) is 3.23. The van der Waals surface area contributed by atoms with Gasteiger partial charge >= 0.3 is 0 Å². The minimum atomic E-state index is -0.177. The zero-order valence-corrected chi connectivity index (χ0v) is 14.9. The fourth-order valence-corrected chi connectivity index (χ4v) is 2.62. The van der Waals surface area contributed by atoms with Crippen LogP contribution < -0.4 is 14.8 Å². The smallest absolute Gasteiger partial charge is 0.277 e. The second kappa shape index (κ2) is 8.91. The number of nitrogens with zero attached hydrogens (tertiary/aromatic N) is 2. The molecule has 1 aromatic heterocycles. The van der Waals surface area contributed by atoms with E-state index in [2.05, 4.69) is 15.5 Å². The van der Waals surface area contributed by atoms with Gasteiger partial charge in [-0.1, -0.05) is 36.0 Å². The highest BCUT2D eigenvalue weighted by Crippen LogP contribution is 2.20. The minimum Gasteiger partial charge on any atom is -0.497 e. The van der Waals surface area contributed by atoms with E-state index in [1.54, 1.807) is 25.3 Å². The molecule has 0 saturated heterocycles. The fourth-order valence-electron chi connectivity index (χ4n) is 2.04. The molecule has 3 aromatic rings. The van der Waals surface area contributed by atoms with Crippen molar-refractivity contribution < 1.29 is 18.7 Å². The van der Waals surface area contributed by atoms with Crippen LogP contribution in [0.5, 0.6) is 11.5 Å². The molecule has 0 atom stereocenters. The zero-order chi connectivity index (χ0) is 18.2. The fraction of sp³-hybridized carbons (Fsp3) is 0.167. The van der Waals surface area contributed by atoms with Gasteiger partial charge in [-0.25, -0.2) is 0 Å². The number of carbonyl (C=O) groups is 1. The molecule has 8 heteroatoms. The zero-order valence-electron chi connectivity index (χ0n) is 14.0. The number of nitrogens with one attached hydrogen (secondary N) is 1. The Morgan fingerprint density at radius 2 is 1.92 bits per heavy atom. The van der Waals surface area contributed by atoms with E-state index in [0.717, 1.165) is 17.5 Å². The van der Waals surface area contributed by atoms with Crippen molar-refractivity contribution >= 4 is 23.4 Å². The van der Waals surface area contributed by atoms with Gasteiger partial charge < -0.3 is 19.2 Å². The molecule has 0 bridgehead atoms. The summed E-state index contributed by atoms with van der Waals surface area (Å²) in [5.74, 6) is 1.72. The van der Waals surface area contributed by atoms with Crippen LogP contribution in [0.15, 0.2) is 64.2 Å². The molecule has 1 heterocycles. The van der Waals surface area contributed by atoms with E-state index in [1.165, 1.54) is 0 Å². The molecule has 0 spiro atoms. The number of ether oxygens (including phenoxy) is 2. The van der Waals surface area contributed by atoms with Crippen LogP contribution in [0.2, 0.25) is 0 Å². The third kappa shape index (κ3) is 5.25. The van der Waals surface area contributed by atoms with Gasteiger partial charge in [0.1, 0.15) is 11.5 Å². The number of methoxy groups -OCH3 is 1. The molecular weight excluding hydrogens is 354 g/mol. The lowest BCUT2D eigenvalue weighted by Crippen LogP contribution is -2.13. The summed E-state index contributed by atoms with van der Waals surface area (Å²) in [5, 5.41) is 10.9. The molecule has 3 rings (SSSR count). The summed E-state index contributed by atoms with van der Waals surface area (Å²) in [6.45, 7) is 0.174. The molecule has 7 nitrogen and oxygen atoms in total. The Hall–Kier alpha value is -3.00. The summed E-state index contributed by atoms with van der Waals surface area (Å²) < 4.78 is 16.1. The number of amides is 1. The highest BCUT2D eigenvalue weighted by molar-refractivity contribution is 7.99. The first-order chi connectivity index (χ1) is 12.7. The van der Waals surface area contributed by atoms with Crippen LogP contribution in [0.3, 0.4) is 0 Å². The van der Waals surface area contributed by atoms with Crippen LogP contribution in [-0.4, -0.2) is 29.0 Å². The van der Waals surface area contributed by atoms with Gasteiger partial charge in [0.25, 0.3) is 11.1 Å². The number of carbonyl (C=O) groups excluding carboxylic acids is 1. The number of rotatable bonds is 8. The molecule has 0 saturated carbocycles. The standard InChI is InChI=1S/C18H17N3O4S/c1-23-15-9-5-6-13(10-15)19-16(22)12-26-18-21-20-17(25-18)11-24-14-7-3-2-4-8-14/h2-10H,11-12H2,1H3,(H,19,22). The van der Waals surface area contributed by atoms with E-state index in [4.69, 9.17) is 13.9 Å². The Balaban J connectivity index is 1.46. The van der Waals surface area contributed by atoms with Crippen LogP contribution >= 0.6 is 11.8 Å². The summed E-state index contributed by atoms with van der Waals surface area (Å²) in [5.41, 5.74) is 0.664. The van der Waals surface area contributed by atoms with Gasteiger partial charge in [-0.05, 0) is 24.3 Å². The summed E-state index contributed by atoms with van der Waals surface area (Å²) in [7, 11) is 1.57. The van der Waals surface area contributed by atoms with Crippen LogP contribution in [0, 0.1) is 0 Å². The van der Waals surface area contributed by atoms with Gasteiger partial charge in [-0.2, -0.15) is 0 Å². The van der Waals surface area contributed by atoms with Crippen molar-refractivity contribution in [1.29, 1.82) is 0 Å². The Morgan fingerprint density at radius 3 is 2.73 bits per heavy atom. The number of hydrogen-bond acceptors (Lipinski definition) is 7. The van der Waals surface area contributed by atoms with Crippen molar-refractivity contribution in [2.24, 2.45) is 0 Å². The van der Waals surface area contributed by atoms with Gasteiger partial charge in [0.15, 0.2) is 6.61 Å². The van der Waals surface area contributed by atoms with Crippen molar-refractivity contribution in [3.63, 3.8) is 0 Å². The quantitative estimate of drug-likeness (QED) is 0.607. The maximum Gasteiger partial charge on any atom is 0.277 e. The second-order valence-electron chi connectivity index (χ2n) is 5.13. The number of anilines is 1. The average molecular weight is 371 g/mol. The van der Waals surface area contributed by atoms with Crippen molar-refractivity contribution in [3.05, 3.63) is 60.5 Å². The molecule has 2 aromatic carbocycles. The summed E-state index contributed by atoms with van der Waals surface area (Å²) in [4.78, 5) is 12.0. The topological polar surface area (TPSA) is 86.5 Å². The molecule has 0 aliphatic carbocycles. The van der Waals surface area contributed by atoms with E-state index in [0.29, 0.717) is 22.6 Å². The Kier molecular flexibility index (Phi) is 6.10. The van der Waals surface area contributed by atoms with Crippen molar-refractivity contribution in [3.8, 4) is 11.5 Å². The molecule has 0 unspecified atom stereocenters. The third-order valence-corrected chi connectivity index (χ3v) is 4.05. The number of thioether (sulfide) groups is 1. The lowest BCUT2D eigenvalue weighted by Gasteiger charge is -2.05. The van der Waals surface area contributed by atoms with Gasteiger partial charge in [-0.15, -0.1) is 10.2 Å². The maximum atomic E-state index is 12.0. The molecule has 26 heavy (non-hydrogen) atoms. The van der Waals surface area contributed by atoms with Crippen LogP contribution in [0.1, 0.15) is 5.89 Å². The first-order valence-corrected chi connectivity index (χ1v) is 8.78. The lowest BCUT2D eigenvalue weighted by molar-refractivity contribution is -0.113. The van der Waals surface area contributed by atoms with Gasteiger partial charge in [0, 0.05) is 11.8 Å². The minimum absolute atomic E-state index is 0.151. The van der Waals surface area contributed by atoms with Crippen molar-refractivity contribution in [2.75, 3.05) is 18.2 Å². The normalized spacial score (nSPS) is 10.3. The predicted octanol–water partition coefficient (Wildman–Crippen LogP) is 3.39. The molecule has 0 aliphatic rings. The van der Waals surface area contributed by atoms with E-state index in [-0.39, 0.29) is 18.3 Å².